The molecule has 2 unspecified atom stereocenters. The number of methoxy groups -OCH3 is 1. The highest BCUT2D eigenvalue weighted by molar-refractivity contribution is 5.86. The van der Waals surface area contributed by atoms with Gasteiger partial charge >= 0.3 is 5.97 Å². The van der Waals surface area contributed by atoms with Crippen LogP contribution in [0.5, 0.6) is 0 Å². The molecule has 1 fully saturated rings. The molecule has 0 spiro atoms. The Labute approximate surface area is 106 Å². The van der Waals surface area contributed by atoms with Crippen LogP contribution in [0.2, 0.25) is 0 Å². The summed E-state index contributed by atoms with van der Waals surface area (Å²) in [7, 11) is 1.61. The van der Waals surface area contributed by atoms with E-state index < -0.39 is 17.8 Å². The van der Waals surface area contributed by atoms with Gasteiger partial charge in [0.05, 0.1) is 11.8 Å². The summed E-state index contributed by atoms with van der Waals surface area (Å²) in [5, 5.41) is 12.0. The second kappa shape index (κ2) is 5.52. The minimum absolute atomic E-state index is 0.0298. The van der Waals surface area contributed by atoms with E-state index >= 15 is 0 Å². The van der Waals surface area contributed by atoms with Crippen molar-refractivity contribution in [3.8, 4) is 0 Å². The van der Waals surface area contributed by atoms with Crippen LogP contribution in [-0.4, -0.2) is 37.2 Å². The number of fused-ring (bicyclic) bond motifs is 2. The number of carbonyl (C=O) groups excluding carboxylic acids is 1. The lowest BCUT2D eigenvalue weighted by Crippen LogP contribution is -2.40. The first-order chi connectivity index (χ1) is 8.65. The first-order valence-electron chi connectivity index (χ1n) is 6.33. The van der Waals surface area contributed by atoms with Gasteiger partial charge in [-0.2, -0.15) is 0 Å². The van der Waals surface area contributed by atoms with E-state index in [-0.39, 0.29) is 17.7 Å². The topological polar surface area (TPSA) is 75.6 Å². The van der Waals surface area contributed by atoms with Crippen molar-refractivity contribution in [2.45, 2.75) is 12.8 Å². The number of rotatable bonds is 6. The fourth-order valence-electron chi connectivity index (χ4n) is 3.06. The molecule has 18 heavy (non-hydrogen) atoms. The Balaban J connectivity index is 1.92. The summed E-state index contributed by atoms with van der Waals surface area (Å²) in [5.74, 6) is -1.82. The molecule has 0 aromatic carbocycles. The lowest BCUT2D eigenvalue weighted by Gasteiger charge is -2.23. The van der Waals surface area contributed by atoms with Crippen LogP contribution in [0.15, 0.2) is 12.2 Å². The summed E-state index contributed by atoms with van der Waals surface area (Å²) in [6, 6.07) is 0. The molecule has 2 aliphatic carbocycles. The van der Waals surface area contributed by atoms with Crippen molar-refractivity contribution in [1.29, 1.82) is 0 Å². The van der Waals surface area contributed by atoms with Crippen molar-refractivity contribution in [2.24, 2.45) is 23.7 Å². The zero-order valence-electron chi connectivity index (χ0n) is 10.5. The van der Waals surface area contributed by atoms with Crippen LogP contribution >= 0.6 is 0 Å². The van der Waals surface area contributed by atoms with Crippen molar-refractivity contribution in [3.63, 3.8) is 0 Å². The molecule has 2 bridgehead atoms. The Morgan fingerprint density at radius 3 is 2.61 bits per heavy atom. The number of carboxylic acids is 1. The third-order valence-corrected chi connectivity index (χ3v) is 3.87. The van der Waals surface area contributed by atoms with Crippen LogP contribution in [0.1, 0.15) is 12.8 Å². The average molecular weight is 253 g/mol. The molecule has 0 aromatic rings. The molecule has 1 saturated carbocycles. The van der Waals surface area contributed by atoms with E-state index in [0.29, 0.717) is 13.2 Å². The van der Waals surface area contributed by atoms with Gasteiger partial charge in [0.25, 0.3) is 0 Å². The van der Waals surface area contributed by atoms with Gasteiger partial charge in [-0.1, -0.05) is 12.2 Å². The van der Waals surface area contributed by atoms with E-state index in [1.54, 1.807) is 7.11 Å². The maximum atomic E-state index is 12.1. The predicted molar refractivity (Wildman–Crippen MR) is 64.9 cm³/mol. The monoisotopic (exact) mass is 253 g/mol. The largest absolute Gasteiger partial charge is 0.481 e. The molecular weight excluding hydrogens is 234 g/mol. The highest BCUT2D eigenvalue weighted by Crippen LogP contribution is 2.48. The van der Waals surface area contributed by atoms with Crippen LogP contribution in [-0.2, 0) is 14.3 Å². The average Bonchev–Trinajstić information content (AvgIpc) is 2.94. The normalized spacial score (nSPS) is 32.7. The van der Waals surface area contributed by atoms with Gasteiger partial charge in [0, 0.05) is 20.3 Å². The predicted octanol–water partition coefficient (Wildman–Crippen LogP) is 0.662. The highest BCUT2D eigenvalue weighted by Gasteiger charge is 2.51. The summed E-state index contributed by atoms with van der Waals surface area (Å²) in [4.78, 5) is 23.3. The van der Waals surface area contributed by atoms with Crippen LogP contribution in [0.3, 0.4) is 0 Å². The number of carbonyl (C=O) groups is 2. The van der Waals surface area contributed by atoms with Crippen LogP contribution in [0.4, 0.5) is 0 Å². The lowest BCUT2D eigenvalue weighted by molar-refractivity contribution is -0.147. The smallest absolute Gasteiger partial charge is 0.307 e. The minimum Gasteiger partial charge on any atom is -0.481 e. The SMILES string of the molecule is COCCCNC(=O)[C@H]1C2C=CC(C2)[C@H]1C(=O)O. The van der Waals surface area contributed by atoms with E-state index in [2.05, 4.69) is 5.32 Å². The third-order valence-electron chi connectivity index (χ3n) is 3.87. The van der Waals surface area contributed by atoms with Gasteiger partial charge < -0.3 is 15.2 Å². The van der Waals surface area contributed by atoms with Gasteiger partial charge in [-0.15, -0.1) is 0 Å². The standard InChI is InChI=1S/C13H19NO4/c1-18-6-2-5-14-12(15)10-8-3-4-9(7-8)11(10)13(16)17/h3-4,8-11H,2,5-7H2,1H3,(H,14,15)(H,16,17)/t8?,9?,10-,11+/m0/s1. The summed E-state index contributed by atoms with van der Waals surface area (Å²) in [6.45, 7) is 1.13. The quantitative estimate of drug-likeness (QED) is 0.538. The van der Waals surface area contributed by atoms with Crippen molar-refractivity contribution < 1.29 is 19.4 Å². The maximum Gasteiger partial charge on any atom is 0.307 e. The Bertz CT molecular complexity index is 366. The van der Waals surface area contributed by atoms with Crippen LogP contribution < -0.4 is 5.32 Å². The first-order valence-corrected chi connectivity index (χ1v) is 6.33. The van der Waals surface area contributed by atoms with E-state index in [0.717, 1.165) is 12.8 Å². The van der Waals surface area contributed by atoms with E-state index in [1.807, 2.05) is 12.2 Å². The zero-order valence-corrected chi connectivity index (χ0v) is 10.5. The molecule has 0 radical (unpaired) electrons. The maximum absolute atomic E-state index is 12.1. The molecule has 0 saturated heterocycles. The Kier molecular flexibility index (Phi) is 4.01. The zero-order chi connectivity index (χ0) is 13.1. The fraction of sp³-hybridized carbons (Fsp3) is 0.692. The van der Waals surface area contributed by atoms with E-state index in [1.165, 1.54) is 0 Å². The minimum atomic E-state index is -0.858. The molecule has 0 aliphatic heterocycles. The number of aliphatic carboxylic acids is 1. The van der Waals surface area contributed by atoms with Crippen molar-refractivity contribution in [1.82, 2.24) is 5.32 Å². The second-order valence-corrected chi connectivity index (χ2v) is 4.98. The molecule has 2 aliphatic rings. The number of nitrogens with one attached hydrogen (secondary N) is 1. The Morgan fingerprint density at radius 1 is 1.33 bits per heavy atom. The van der Waals surface area contributed by atoms with Crippen molar-refractivity contribution in [2.75, 3.05) is 20.3 Å². The number of ether oxygens (including phenoxy) is 1. The van der Waals surface area contributed by atoms with Crippen LogP contribution in [0, 0.1) is 23.7 Å². The fourth-order valence-corrected chi connectivity index (χ4v) is 3.06. The molecule has 0 heterocycles. The second-order valence-electron chi connectivity index (χ2n) is 4.98. The Hall–Kier alpha value is -1.36. The molecule has 4 atom stereocenters. The number of allylic oxidation sites excluding steroid dienone is 2. The molecule has 1 amide bonds. The van der Waals surface area contributed by atoms with Crippen LogP contribution in [0.25, 0.3) is 0 Å². The van der Waals surface area contributed by atoms with Crippen molar-refractivity contribution in [3.05, 3.63) is 12.2 Å². The molecule has 2 N–H and O–H groups in total. The highest BCUT2D eigenvalue weighted by atomic mass is 16.5. The summed E-state index contributed by atoms with van der Waals surface area (Å²) in [5.41, 5.74) is 0. The molecular formula is C13H19NO4. The van der Waals surface area contributed by atoms with E-state index in [4.69, 9.17) is 4.74 Å². The van der Waals surface area contributed by atoms with Crippen molar-refractivity contribution >= 4 is 11.9 Å². The molecule has 2 rings (SSSR count). The molecule has 100 valence electrons. The number of hydrogen-bond donors (Lipinski definition) is 2. The molecule has 0 aromatic heterocycles. The van der Waals surface area contributed by atoms with Gasteiger partial charge in [-0.05, 0) is 24.7 Å². The van der Waals surface area contributed by atoms with Gasteiger partial charge in [0.15, 0.2) is 0 Å². The summed E-state index contributed by atoms with van der Waals surface area (Å²) in [6.07, 6.45) is 5.48. The number of hydrogen-bond acceptors (Lipinski definition) is 3. The number of amides is 1. The Morgan fingerprint density at radius 2 is 2.00 bits per heavy atom. The summed E-state index contributed by atoms with van der Waals surface area (Å²) >= 11 is 0. The van der Waals surface area contributed by atoms with E-state index in [9.17, 15) is 14.7 Å². The molecule has 5 nitrogen and oxygen atoms in total. The molecule has 5 heteroatoms. The van der Waals surface area contributed by atoms with Gasteiger partial charge in [0.2, 0.25) is 5.91 Å². The van der Waals surface area contributed by atoms with Gasteiger partial charge in [-0.25, -0.2) is 0 Å². The third kappa shape index (κ3) is 2.41. The van der Waals surface area contributed by atoms with Gasteiger partial charge in [0.1, 0.15) is 0 Å². The first kappa shape index (κ1) is 13.1. The lowest BCUT2D eigenvalue weighted by atomic mass is 9.82. The van der Waals surface area contributed by atoms with Gasteiger partial charge in [-0.3, -0.25) is 9.59 Å². The summed E-state index contributed by atoms with van der Waals surface area (Å²) < 4.78 is 4.90. The number of carboxylic acid groups (broad SMARTS) is 1.